The molecule has 0 rings (SSSR count). The van der Waals surface area contributed by atoms with Gasteiger partial charge in [0.05, 0.1) is 3.12 Å². The van der Waals surface area contributed by atoms with E-state index in [0.29, 0.717) is 0 Å². The van der Waals surface area contributed by atoms with Crippen molar-refractivity contribution in [3.05, 3.63) is 0 Å². The molecule has 0 radical (unpaired) electrons. The van der Waals surface area contributed by atoms with Crippen LogP contribution >= 0.6 is 0 Å². The Morgan fingerprint density at radius 1 is 0.615 bits per heavy atom. The van der Waals surface area contributed by atoms with Gasteiger partial charge in [-0.1, -0.05) is 11.7 Å². The molecule has 0 atom stereocenters. The summed E-state index contributed by atoms with van der Waals surface area (Å²) in [5.41, 5.74) is 0. The minimum absolute atomic E-state index is 2.52. The van der Waals surface area contributed by atoms with Crippen LogP contribution in [0.25, 0.3) is 0 Å². The summed E-state index contributed by atoms with van der Waals surface area (Å²) in [5.74, 6) is 0. The first-order valence-corrected chi connectivity index (χ1v) is 6.03. The first kappa shape index (κ1) is 12.6. The molecular formula is F3NO6S3. The molecule has 0 aliphatic rings. The zero-order valence-electron chi connectivity index (χ0n) is 5.26. The van der Waals surface area contributed by atoms with E-state index >= 15 is 0 Å². The van der Waals surface area contributed by atoms with Crippen LogP contribution in [0.2, 0.25) is 0 Å². The van der Waals surface area contributed by atoms with E-state index in [0.717, 1.165) is 0 Å². The number of hydrogen-bond acceptors (Lipinski definition) is 6. The van der Waals surface area contributed by atoms with Crippen molar-refractivity contribution in [1.29, 1.82) is 0 Å². The predicted octanol–water partition coefficient (Wildman–Crippen LogP) is -1.07. The second-order valence-corrected chi connectivity index (χ2v) is 5.72. The summed E-state index contributed by atoms with van der Waals surface area (Å²) >= 11 is 0. The molecule has 0 saturated heterocycles. The molecule has 0 saturated carbocycles. The van der Waals surface area contributed by atoms with E-state index in [1.807, 2.05) is 0 Å². The maximum atomic E-state index is 11.7. The minimum atomic E-state index is -6.57. The molecule has 13 heavy (non-hydrogen) atoms. The van der Waals surface area contributed by atoms with Gasteiger partial charge in [-0.25, -0.2) is 0 Å². The first-order chi connectivity index (χ1) is 5.37. The van der Waals surface area contributed by atoms with Gasteiger partial charge >= 0.3 is 31.2 Å². The largest absolute Gasteiger partial charge is 0.406 e. The molecule has 13 heteroatoms. The van der Waals surface area contributed by atoms with Crippen molar-refractivity contribution < 1.29 is 36.9 Å². The van der Waals surface area contributed by atoms with E-state index in [1.54, 1.807) is 0 Å². The highest BCUT2D eigenvalue weighted by Gasteiger charge is 2.46. The smallest absolute Gasteiger partial charge is 0.174 e. The molecule has 0 bridgehead atoms. The van der Waals surface area contributed by atoms with Crippen LogP contribution in [-0.4, -0.2) is 28.4 Å². The van der Waals surface area contributed by atoms with Gasteiger partial charge in [-0.3, -0.25) is 0 Å². The van der Waals surface area contributed by atoms with Gasteiger partial charge in [0.25, 0.3) is 0 Å². The van der Waals surface area contributed by atoms with E-state index < -0.39 is 34.3 Å². The molecule has 7 nitrogen and oxygen atoms in total. The number of hydrogen-bond donors (Lipinski definition) is 0. The fourth-order valence-electron chi connectivity index (χ4n) is 0.319. The van der Waals surface area contributed by atoms with E-state index in [2.05, 4.69) is 0 Å². The average molecular weight is 263 g/mol. The van der Waals surface area contributed by atoms with Crippen LogP contribution in [0.5, 0.6) is 0 Å². The highest BCUT2D eigenvalue weighted by molar-refractivity contribution is 8.12. The van der Waals surface area contributed by atoms with Crippen molar-refractivity contribution in [3.8, 4) is 0 Å². The Kier molecular flexibility index (Phi) is 2.98. The molecule has 0 spiro atoms. The normalized spacial score (nSPS) is 14.8. The summed E-state index contributed by atoms with van der Waals surface area (Å²) in [7, 11) is -19.7. The Hall–Kier alpha value is -0.400. The maximum absolute atomic E-state index is 11.7. The molecule has 0 amide bonds. The van der Waals surface area contributed by atoms with Crippen LogP contribution in [0.3, 0.4) is 0 Å². The van der Waals surface area contributed by atoms with Gasteiger partial charge in [0.15, 0.2) is 0 Å². The SMILES string of the molecule is O=S(=O)(F)N(S(=O)(=O)F)S(=O)(=O)F. The molecular weight excluding hydrogens is 263 g/mol. The monoisotopic (exact) mass is 263 g/mol. The Morgan fingerprint density at radius 2 is 0.769 bits per heavy atom. The van der Waals surface area contributed by atoms with Crippen molar-refractivity contribution in [3.63, 3.8) is 0 Å². The van der Waals surface area contributed by atoms with Gasteiger partial charge in [-0.2, -0.15) is 25.3 Å². The second kappa shape index (κ2) is 3.07. The predicted molar refractivity (Wildman–Crippen MR) is 31.9 cm³/mol. The van der Waals surface area contributed by atoms with Gasteiger partial charge in [-0.15, -0.1) is 0 Å². The average Bonchev–Trinajstić information content (AvgIpc) is 1.44. The number of nitrogens with zero attached hydrogens (tertiary/aromatic N) is 1. The van der Waals surface area contributed by atoms with Gasteiger partial charge in [0, 0.05) is 0 Å². The van der Waals surface area contributed by atoms with Crippen molar-refractivity contribution in [2.75, 3.05) is 0 Å². The zero-order valence-corrected chi connectivity index (χ0v) is 7.70. The lowest BCUT2D eigenvalue weighted by molar-refractivity contribution is 0.469. The lowest BCUT2D eigenvalue weighted by atomic mass is 13.8. The van der Waals surface area contributed by atoms with Gasteiger partial charge in [-0.05, 0) is 0 Å². The van der Waals surface area contributed by atoms with E-state index in [1.165, 1.54) is 0 Å². The summed E-state index contributed by atoms with van der Waals surface area (Å²) < 4.78 is 90.5. The van der Waals surface area contributed by atoms with Crippen molar-refractivity contribution in [2.24, 2.45) is 0 Å². The molecule has 0 aromatic carbocycles. The van der Waals surface area contributed by atoms with Crippen LogP contribution in [0.4, 0.5) is 11.7 Å². The third-order valence-corrected chi connectivity index (χ3v) is 4.81. The Balaban J connectivity index is 5.87. The summed E-state index contributed by atoms with van der Waals surface area (Å²) in [6.45, 7) is 0. The maximum Gasteiger partial charge on any atom is 0.406 e. The lowest BCUT2D eigenvalue weighted by Gasteiger charge is -2.04. The van der Waals surface area contributed by atoms with Crippen molar-refractivity contribution in [1.82, 2.24) is 3.12 Å². The van der Waals surface area contributed by atoms with Crippen molar-refractivity contribution >= 4 is 31.2 Å². The summed E-state index contributed by atoms with van der Waals surface area (Å²) in [5, 5.41) is 0. The fraction of sp³-hybridized carbons (Fsp3) is 0. The third-order valence-electron chi connectivity index (χ3n) is 0.534. The number of halogens is 3. The topological polar surface area (TPSA) is 106 Å². The first-order valence-electron chi connectivity index (χ1n) is 2.01. The fourth-order valence-corrected chi connectivity index (χ4v) is 2.87. The van der Waals surface area contributed by atoms with Crippen LogP contribution < -0.4 is 0 Å². The molecule has 0 aromatic heterocycles. The van der Waals surface area contributed by atoms with Crippen molar-refractivity contribution in [2.45, 2.75) is 0 Å². The molecule has 0 fully saturated rings. The van der Waals surface area contributed by atoms with Gasteiger partial charge in [0.1, 0.15) is 0 Å². The quantitative estimate of drug-likeness (QED) is 0.600. The Morgan fingerprint density at radius 3 is 0.769 bits per heavy atom. The van der Waals surface area contributed by atoms with E-state index in [4.69, 9.17) is 0 Å². The second-order valence-electron chi connectivity index (χ2n) is 1.46. The number of rotatable bonds is 3. The van der Waals surface area contributed by atoms with Gasteiger partial charge < -0.3 is 0 Å². The summed E-state index contributed by atoms with van der Waals surface area (Å²) in [4.78, 5) is 0. The molecule has 0 heterocycles. The highest BCUT2D eigenvalue weighted by Crippen LogP contribution is 2.18. The van der Waals surface area contributed by atoms with Crippen LogP contribution in [-0.2, 0) is 31.2 Å². The standard InChI is InChI=1S/F3NO6S3/c1-11(5,6)4(12(2,7)8)13(3,9)10. The minimum Gasteiger partial charge on any atom is -0.174 e. The Bertz CT molecular complexity index is 405. The zero-order chi connectivity index (χ0) is 11.1. The molecule has 0 N–H and O–H groups in total. The molecule has 0 aliphatic heterocycles. The molecule has 0 unspecified atom stereocenters. The highest BCUT2D eigenvalue weighted by atomic mass is 32.4. The molecule has 0 aliphatic carbocycles. The molecule has 80 valence electrons. The Labute approximate surface area is 71.8 Å². The van der Waals surface area contributed by atoms with Gasteiger partial charge in [0.2, 0.25) is 0 Å². The molecule has 0 aromatic rings. The van der Waals surface area contributed by atoms with Crippen LogP contribution in [0, 0.1) is 0 Å². The van der Waals surface area contributed by atoms with Crippen LogP contribution in [0.15, 0.2) is 0 Å². The third kappa shape index (κ3) is 3.45. The lowest BCUT2D eigenvalue weighted by Crippen LogP contribution is -2.34. The summed E-state index contributed by atoms with van der Waals surface area (Å²) in [6, 6.07) is 0. The van der Waals surface area contributed by atoms with E-state index in [-0.39, 0.29) is 0 Å². The van der Waals surface area contributed by atoms with Crippen LogP contribution in [0.1, 0.15) is 0 Å². The van der Waals surface area contributed by atoms with E-state index in [9.17, 15) is 36.9 Å². The summed E-state index contributed by atoms with van der Waals surface area (Å²) in [6.07, 6.45) is 0.